The molecule has 0 spiro atoms. The lowest BCUT2D eigenvalue weighted by Gasteiger charge is -2.47. The summed E-state index contributed by atoms with van der Waals surface area (Å²) in [5.41, 5.74) is 2.94. The molecular weight excluding hydrogens is 656 g/mol. The van der Waals surface area contributed by atoms with Gasteiger partial charge in [-0.1, -0.05) is 93.1 Å². The first-order chi connectivity index (χ1) is 25.2. The SMILES string of the molecule is C=C[C@@H](OCc1ccc(OC)cc1)[C@](COCc1ccc(OC)cc1)(OCc1ccccc1)[C@H]1C/C=C2\CC[C@H]([C@@H](OCOC)C(=O)[C@@H]1C)C2(C)C. The van der Waals surface area contributed by atoms with Crippen molar-refractivity contribution in [1.82, 2.24) is 0 Å². The topological polar surface area (TPSA) is 81.7 Å². The van der Waals surface area contributed by atoms with Crippen molar-refractivity contribution >= 4 is 5.78 Å². The minimum Gasteiger partial charge on any atom is -0.497 e. The van der Waals surface area contributed by atoms with Crippen LogP contribution in [0.15, 0.2) is 103 Å². The monoisotopic (exact) mass is 712 g/mol. The maximum absolute atomic E-state index is 14.9. The van der Waals surface area contributed by atoms with E-state index in [0.29, 0.717) is 19.6 Å². The van der Waals surface area contributed by atoms with Crippen LogP contribution in [0, 0.1) is 23.2 Å². The van der Waals surface area contributed by atoms with Gasteiger partial charge in [0.2, 0.25) is 0 Å². The van der Waals surface area contributed by atoms with Gasteiger partial charge in [-0.3, -0.25) is 4.79 Å². The Morgan fingerprint density at radius 2 is 1.48 bits per heavy atom. The summed E-state index contributed by atoms with van der Waals surface area (Å²) in [5.74, 6) is 0.754. The van der Waals surface area contributed by atoms with Gasteiger partial charge < -0.3 is 33.2 Å². The third kappa shape index (κ3) is 9.04. The summed E-state index contributed by atoms with van der Waals surface area (Å²) in [6, 6.07) is 25.7. The predicted octanol–water partition coefficient (Wildman–Crippen LogP) is 8.52. The zero-order valence-electron chi connectivity index (χ0n) is 31.7. The Hall–Kier alpha value is -3.79. The number of hydrogen-bond donors (Lipinski definition) is 0. The second-order valence-electron chi connectivity index (χ2n) is 14.5. The number of rotatable bonds is 18. The number of allylic oxidation sites excluding steroid dienone is 2. The molecule has 0 N–H and O–H groups in total. The van der Waals surface area contributed by atoms with E-state index in [9.17, 15) is 4.79 Å². The van der Waals surface area contributed by atoms with E-state index < -0.39 is 23.7 Å². The molecule has 2 aliphatic rings. The fourth-order valence-electron chi connectivity index (χ4n) is 8.01. The lowest BCUT2D eigenvalue weighted by molar-refractivity contribution is -0.210. The first-order valence-corrected chi connectivity index (χ1v) is 18.3. The molecule has 8 heteroatoms. The molecule has 0 unspecified atom stereocenters. The van der Waals surface area contributed by atoms with Gasteiger partial charge in [-0.2, -0.15) is 0 Å². The van der Waals surface area contributed by atoms with Crippen LogP contribution in [-0.2, 0) is 48.3 Å². The minimum absolute atomic E-state index is 0.0232. The average Bonchev–Trinajstić information content (AvgIpc) is 3.48. The van der Waals surface area contributed by atoms with Gasteiger partial charge in [0.1, 0.15) is 36.1 Å². The van der Waals surface area contributed by atoms with Gasteiger partial charge >= 0.3 is 0 Å². The van der Waals surface area contributed by atoms with Crippen LogP contribution in [0.5, 0.6) is 11.5 Å². The van der Waals surface area contributed by atoms with Crippen molar-refractivity contribution in [2.45, 2.75) is 77.7 Å². The van der Waals surface area contributed by atoms with E-state index in [-0.39, 0.29) is 43.0 Å². The Balaban J connectivity index is 1.59. The highest BCUT2D eigenvalue weighted by Gasteiger charge is 2.54. The van der Waals surface area contributed by atoms with Crippen LogP contribution in [-0.4, -0.2) is 58.3 Å². The molecule has 0 saturated heterocycles. The normalized spacial score (nSPS) is 24.0. The number of carbonyl (C=O) groups is 1. The van der Waals surface area contributed by atoms with Gasteiger partial charge in [-0.15, -0.1) is 6.58 Å². The van der Waals surface area contributed by atoms with E-state index in [4.69, 9.17) is 33.2 Å². The van der Waals surface area contributed by atoms with E-state index in [2.05, 4.69) is 26.5 Å². The Kier molecular flexibility index (Phi) is 13.9. The summed E-state index contributed by atoms with van der Waals surface area (Å²) >= 11 is 0. The van der Waals surface area contributed by atoms with Gasteiger partial charge in [0.05, 0.1) is 40.6 Å². The average molecular weight is 713 g/mol. The largest absolute Gasteiger partial charge is 0.497 e. The third-order valence-electron chi connectivity index (χ3n) is 11.2. The lowest BCUT2D eigenvalue weighted by atomic mass is 9.70. The number of carbonyl (C=O) groups excluding carboxylic acids is 1. The fraction of sp³-hybridized carbons (Fsp3) is 0.477. The molecule has 6 atom stereocenters. The molecule has 2 aliphatic carbocycles. The Morgan fingerprint density at radius 1 is 0.865 bits per heavy atom. The minimum atomic E-state index is -1.14. The molecule has 0 radical (unpaired) electrons. The number of ether oxygens (including phenoxy) is 7. The maximum atomic E-state index is 14.9. The van der Waals surface area contributed by atoms with Crippen LogP contribution in [0.3, 0.4) is 0 Å². The van der Waals surface area contributed by atoms with Crippen molar-refractivity contribution < 1.29 is 38.0 Å². The van der Waals surface area contributed by atoms with E-state index in [0.717, 1.165) is 41.0 Å². The summed E-state index contributed by atoms with van der Waals surface area (Å²) in [4.78, 5) is 14.9. The Morgan fingerprint density at radius 3 is 2.08 bits per heavy atom. The molecule has 1 fully saturated rings. The highest BCUT2D eigenvalue weighted by atomic mass is 16.7. The van der Waals surface area contributed by atoms with Crippen molar-refractivity contribution in [1.29, 1.82) is 0 Å². The second kappa shape index (κ2) is 18.3. The van der Waals surface area contributed by atoms with Crippen LogP contribution in [0.4, 0.5) is 0 Å². The quantitative estimate of drug-likeness (QED) is 0.0960. The first kappa shape index (κ1) is 39.4. The number of hydrogen-bond acceptors (Lipinski definition) is 8. The molecule has 2 bridgehead atoms. The summed E-state index contributed by atoms with van der Waals surface area (Å²) in [6.45, 7) is 11.9. The van der Waals surface area contributed by atoms with E-state index in [1.165, 1.54) is 5.57 Å². The van der Waals surface area contributed by atoms with E-state index in [1.807, 2.05) is 85.8 Å². The lowest BCUT2D eigenvalue weighted by Crippen LogP contribution is -2.58. The number of fused-ring (bicyclic) bond motifs is 2. The first-order valence-electron chi connectivity index (χ1n) is 18.3. The van der Waals surface area contributed by atoms with Crippen LogP contribution in [0.25, 0.3) is 0 Å². The highest BCUT2D eigenvalue weighted by Crippen LogP contribution is 2.52. The molecule has 1 saturated carbocycles. The zero-order valence-corrected chi connectivity index (χ0v) is 31.7. The molecule has 0 heterocycles. The van der Waals surface area contributed by atoms with Gasteiger partial charge in [-0.25, -0.2) is 0 Å². The van der Waals surface area contributed by atoms with Crippen LogP contribution < -0.4 is 9.47 Å². The maximum Gasteiger partial charge on any atom is 0.165 e. The molecule has 8 nitrogen and oxygen atoms in total. The number of ketones is 1. The van der Waals surface area contributed by atoms with Crippen molar-refractivity contribution in [2.24, 2.45) is 23.2 Å². The van der Waals surface area contributed by atoms with E-state index in [1.54, 1.807) is 27.4 Å². The zero-order chi connectivity index (χ0) is 37.1. The Labute approximate surface area is 310 Å². The molecule has 3 aromatic rings. The van der Waals surface area contributed by atoms with Crippen molar-refractivity contribution in [3.8, 4) is 11.5 Å². The van der Waals surface area contributed by atoms with Gasteiger partial charge in [-0.05, 0) is 65.6 Å². The second-order valence-corrected chi connectivity index (χ2v) is 14.5. The smallest absolute Gasteiger partial charge is 0.165 e. The number of benzene rings is 3. The summed E-state index contributed by atoms with van der Waals surface area (Å²) in [6.07, 6.45) is 5.24. The molecule has 0 aliphatic heterocycles. The standard InChI is InChI=1S/C44H56O8/c1-8-40(50-27-34-16-22-37(48-7)23-17-34)44(52-28-32-12-10-9-11-13-32,29-49-26-33-14-20-36(47-6)21-15-33)38-24-18-35-19-25-39(43(35,3)4)42(51-30-46-5)41(45)31(38)2/h8-18,20-23,31,38-40,42H,1,19,24-30H2,2-7H3/b35-18+/t31-,38+,39-,40-,42-,44-/m1/s1. The molecule has 0 amide bonds. The molecule has 280 valence electrons. The highest BCUT2D eigenvalue weighted by molar-refractivity contribution is 5.86. The number of methoxy groups -OCH3 is 3. The van der Waals surface area contributed by atoms with Gasteiger partial charge in [0, 0.05) is 24.9 Å². The molecule has 5 rings (SSSR count). The Bertz CT molecular complexity index is 1600. The third-order valence-corrected chi connectivity index (χ3v) is 11.2. The molecule has 3 aromatic carbocycles. The molecular formula is C44H56O8. The van der Waals surface area contributed by atoms with Crippen molar-refractivity contribution in [2.75, 3.05) is 34.7 Å². The van der Waals surface area contributed by atoms with Crippen molar-refractivity contribution in [3.63, 3.8) is 0 Å². The summed E-state index contributed by atoms with van der Waals surface area (Å²) in [5, 5.41) is 0. The summed E-state index contributed by atoms with van der Waals surface area (Å²) in [7, 11) is 4.89. The summed E-state index contributed by atoms with van der Waals surface area (Å²) < 4.78 is 43.1. The predicted molar refractivity (Wildman–Crippen MR) is 202 cm³/mol. The molecule has 52 heavy (non-hydrogen) atoms. The van der Waals surface area contributed by atoms with Crippen molar-refractivity contribution in [3.05, 3.63) is 120 Å². The van der Waals surface area contributed by atoms with E-state index >= 15 is 0 Å². The van der Waals surface area contributed by atoms with Crippen LogP contribution in [0.2, 0.25) is 0 Å². The van der Waals surface area contributed by atoms with Crippen LogP contribution >= 0.6 is 0 Å². The van der Waals surface area contributed by atoms with Gasteiger partial charge in [0.25, 0.3) is 0 Å². The van der Waals surface area contributed by atoms with Crippen LogP contribution in [0.1, 0.15) is 56.7 Å². The van der Waals surface area contributed by atoms with Gasteiger partial charge in [0.15, 0.2) is 5.78 Å². The fourth-order valence-corrected chi connectivity index (χ4v) is 8.01. The molecule has 0 aromatic heterocycles. The number of Topliss-reactive ketones (excluding diaryl/α,β-unsaturated/α-hetero) is 1.